The van der Waals surface area contributed by atoms with E-state index in [1.54, 1.807) is 0 Å². The molecule has 5 nitrogen and oxygen atoms in total. The van der Waals surface area contributed by atoms with Crippen LogP contribution < -0.4 is 4.74 Å². The number of carbonyl (C=O) groups is 1. The van der Waals surface area contributed by atoms with Crippen molar-refractivity contribution in [2.24, 2.45) is 0 Å². The Hall–Kier alpha value is -3.28. The highest BCUT2D eigenvalue weighted by atomic mass is 35.5. The number of amides is 1. The van der Waals surface area contributed by atoms with Gasteiger partial charge in [0.2, 0.25) is 0 Å². The van der Waals surface area contributed by atoms with Crippen LogP contribution in [-0.4, -0.2) is 27.5 Å². The molecule has 1 amide bonds. The second-order valence-corrected chi connectivity index (χ2v) is 9.48. The summed E-state index contributed by atoms with van der Waals surface area (Å²) in [4.78, 5) is 15.3. The lowest BCUT2D eigenvalue weighted by atomic mass is 9.96. The monoisotopic (exact) mass is 505 g/mol. The number of carbonyl (C=O) groups excluding carboxylic acids is 1. The SMILES string of the molecule is CCCCN1C(=O)c2[nH]nc(-c3ccc(Cl)cc3)c2C1c1ccc(OCc2ccc(Cl)cc2)cc1. The van der Waals surface area contributed by atoms with Gasteiger partial charge in [0.25, 0.3) is 5.91 Å². The first kappa shape index (κ1) is 23.5. The number of nitrogens with zero attached hydrogens (tertiary/aromatic N) is 2. The van der Waals surface area contributed by atoms with Crippen LogP contribution in [0.3, 0.4) is 0 Å². The summed E-state index contributed by atoms with van der Waals surface area (Å²) in [6.45, 7) is 3.26. The van der Waals surface area contributed by atoms with Gasteiger partial charge in [0.05, 0.1) is 11.7 Å². The van der Waals surface area contributed by atoms with Crippen molar-refractivity contribution in [3.8, 4) is 17.0 Å². The molecule has 3 aromatic carbocycles. The zero-order chi connectivity index (χ0) is 24.4. The summed E-state index contributed by atoms with van der Waals surface area (Å²) in [6.07, 6.45) is 1.93. The van der Waals surface area contributed by atoms with Crippen molar-refractivity contribution >= 4 is 29.1 Å². The van der Waals surface area contributed by atoms with Crippen molar-refractivity contribution in [3.63, 3.8) is 0 Å². The number of unbranched alkanes of at least 4 members (excludes halogenated alkanes) is 1. The molecule has 7 heteroatoms. The van der Waals surface area contributed by atoms with Gasteiger partial charge in [0, 0.05) is 27.7 Å². The molecule has 5 rings (SSSR count). The molecule has 0 radical (unpaired) electrons. The highest BCUT2D eigenvalue weighted by Gasteiger charge is 2.41. The van der Waals surface area contributed by atoms with Gasteiger partial charge in [-0.1, -0.05) is 72.9 Å². The maximum Gasteiger partial charge on any atom is 0.273 e. The van der Waals surface area contributed by atoms with Crippen LogP contribution >= 0.6 is 23.2 Å². The molecule has 0 bridgehead atoms. The fourth-order valence-corrected chi connectivity index (χ4v) is 4.68. The number of nitrogens with one attached hydrogen (secondary N) is 1. The molecule has 0 fully saturated rings. The second kappa shape index (κ2) is 10.1. The van der Waals surface area contributed by atoms with Crippen molar-refractivity contribution < 1.29 is 9.53 Å². The van der Waals surface area contributed by atoms with Gasteiger partial charge in [-0.2, -0.15) is 5.10 Å². The summed E-state index contributed by atoms with van der Waals surface area (Å²) < 4.78 is 5.97. The van der Waals surface area contributed by atoms with Gasteiger partial charge in [-0.15, -0.1) is 0 Å². The van der Waals surface area contributed by atoms with Crippen LogP contribution in [0, 0.1) is 0 Å². The third-order valence-electron chi connectivity index (χ3n) is 6.25. The lowest BCUT2D eigenvalue weighted by Crippen LogP contribution is -2.30. The Kier molecular flexibility index (Phi) is 6.80. The van der Waals surface area contributed by atoms with E-state index < -0.39 is 0 Å². The van der Waals surface area contributed by atoms with E-state index in [0.717, 1.165) is 46.5 Å². The average Bonchev–Trinajstić information content (AvgIpc) is 3.42. The van der Waals surface area contributed by atoms with E-state index in [-0.39, 0.29) is 11.9 Å². The van der Waals surface area contributed by atoms with Crippen molar-refractivity contribution in [1.82, 2.24) is 15.1 Å². The lowest BCUT2D eigenvalue weighted by molar-refractivity contribution is 0.0741. The van der Waals surface area contributed by atoms with E-state index in [9.17, 15) is 4.79 Å². The lowest BCUT2D eigenvalue weighted by Gasteiger charge is -2.26. The largest absolute Gasteiger partial charge is 0.489 e. The molecule has 1 aliphatic rings. The molecular formula is C28H25Cl2N3O2. The predicted octanol–water partition coefficient (Wildman–Crippen LogP) is 7.31. The Labute approximate surface area is 214 Å². The average molecular weight is 506 g/mol. The third-order valence-corrected chi connectivity index (χ3v) is 6.75. The van der Waals surface area contributed by atoms with Gasteiger partial charge in [-0.3, -0.25) is 9.89 Å². The number of halogens is 2. The molecule has 1 unspecified atom stereocenters. The minimum atomic E-state index is -0.223. The number of ether oxygens (including phenoxy) is 1. The predicted molar refractivity (Wildman–Crippen MR) is 139 cm³/mol. The Balaban J connectivity index is 1.45. The molecule has 35 heavy (non-hydrogen) atoms. The van der Waals surface area contributed by atoms with Crippen LogP contribution in [0.2, 0.25) is 10.0 Å². The number of hydrogen-bond donors (Lipinski definition) is 1. The van der Waals surface area contributed by atoms with Gasteiger partial charge in [-0.25, -0.2) is 0 Å². The van der Waals surface area contributed by atoms with Crippen molar-refractivity contribution in [1.29, 1.82) is 0 Å². The maximum atomic E-state index is 13.3. The van der Waals surface area contributed by atoms with Crippen LogP contribution in [0.25, 0.3) is 11.3 Å². The van der Waals surface area contributed by atoms with Gasteiger partial charge in [-0.05, 0) is 53.9 Å². The molecule has 1 N–H and O–H groups in total. The van der Waals surface area contributed by atoms with E-state index in [2.05, 4.69) is 17.1 Å². The molecular weight excluding hydrogens is 481 g/mol. The number of hydrogen-bond acceptors (Lipinski definition) is 3. The Morgan fingerprint density at radius 3 is 2.26 bits per heavy atom. The first-order valence-corrected chi connectivity index (χ1v) is 12.4. The van der Waals surface area contributed by atoms with E-state index >= 15 is 0 Å². The fourth-order valence-electron chi connectivity index (χ4n) is 4.42. The van der Waals surface area contributed by atoms with Crippen molar-refractivity contribution in [2.75, 3.05) is 6.54 Å². The van der Waals surface area contributed by atoms with E-state index in [1.807, 2.05) is 77.7 Å². The van der Waals surface area contributed by atoms with Gasteiger partial charge >= 0.3 is 0 Å². The van der Waals surface area contributed by atoms with Crippen LogP contribution in [0.5, 0.6) is 5.75 Å². The summed E-state index contributed by atoms with van der Waals surface area (Å²) in [5.41, 5.74) is 5.22. The summed E-state index contributed by atoms with van der Waals surface area (Å²) in [6, 6.07) is 22.9. The number of rotatable bonds is 8. The molecule has 0 aliphatic carbocycles. The molecule has 1 aliphatic heterocycles. The van der Waals surface area contributed by atoms with Gasteiger partial charge in [0.1, 0.15) is 18.1 Å². The highest BCUT2D eigenvalue weighted by molar-refractivity contribution is 6.30. The molecule has 2 heterocycles. The Bertz CT molecular complexity index is 1320. The number of benzene rings is 3. The second-order valence-electron chi connectivity index (χ2n) is 8.61. The normalized spacial score (nSPS) is 14.9. The Morgan fingerprint density at radius 2 is 1.60 bits per heavy atom. The minimum absolute atomic E-state index is 0.0192. The highest BCUT2D eigenvalue weighted by Crippen LogP contribution is 2.43. The van der Waals surface area contributed by atoms with Crippen molar-refractivity contribution in [3.05, 3.63) is 105 Å². The quantitative estimate of drug-likeness (QED) is 0.273. The molecule has 1 aromatic heterocycles. The number of aromatic nitrogens is 2. The zero-order valence-electron chi connectivity index (χ0n) is 19.3. The number of fused-ring (bicyclic) bond motifs is 1. The van der Waals surface area contributed by atoms with Crippen LogP contribution in [0.4, 0.5) is 0 Å². The molecule has 1 atom stereocenters. The summed E-state index contributed by atoms with van der Waals surface area (Å²) >= 11 is 12.1. The maximum absolute atomic E-state index is 13.3. The zero-order valence-corrected chi connectivity index (χ0v) is 20.8. The van der Waals surface area contributed by atoms with Crippen LogP contribution in [-0.2, 0) is 6.61 Å². The first-order chi connectivity index (χ1) is 17.0. The molecule has 0 saturated heterocycles. The minimum Gasteiger partial charge on any atom is -0.489 e. The third kappa shape index (κ3) is 4.79. The van der Waals surface area contributed by atoms with E-state index in [4.69, 9.17) is 27.9 Å². The van der Waals surface area contributed by atoms with E-state index in [1.165, 1.54) is 0 Å². The summed E-state index contributed by atoms with van der Waals surface area (Å²) in [5.74, 6) is 0.743. The van der Waals surface area contributed by atoms with Crippen molar-refractivity contribution in [2.45, 2.75) is 32.4 Å². The molecule has 178 valence electrons. The Morgan fingerprint density at radius 1 is 0.943 bits per heavy atom. The van der Waals surface area contributed by atoms with Crippen LogP contribution in [0.1, 0.15) is 53.0 Å². The number of aromatic amines is 1. The molecule has 0 saturated carbocycles. The van der Waals surface area contributed by atoms with Gasteiger partial charge < -0.3 is 9.64 Å². The van der Waals surface area contributed by atoms with Crippen LogP contribution in [0.15, 0.2) is 72.8 Å². The topological polar surface area (TPSA) is 58.2 Å². The first-order valence-electron chi connectivity index (χ1n) is 11.7. The fraction of sp³-hybridized carbons (Fsp3) is 0.214. The standard InChI is InChI=1S/C28H25Cl2N3O2/c1-2-3-16-33-27(20-8-14-23(15-9-20)35-17-18-4-10-21(29)11-5-18)24-25(31-32-26(24)28(33)34)19-6-12-22(30)13-7-19/h4-15,27H,2-3,16-17H2,1H3,(H,31,32). The summed E-state index contributed by atoms with van der Waals surface area (Å²) in [5, 5.41) is 8.88. The molecule has 0 spiro atoms. The van der Waals surface area contributed by atoms with E-state index in [0.29, 0.717) is 28.9 Å². The smallest absolute Gasteiger partial charge is 0.273 e. The number of H-pyrrole nitrogens is 1. The van der Waals surface area contributed by atoms with Gasteiger partial charge in [0.15, 0.2) is 0 Å². The summed E-state index contributed by atoms with van der Waals surface area (Å²) in [7, 11) is 0. The molecule has 4 aromatic rings.